The molecule has 1 aliphatic heterocycles. The molecule has 1 saturated heterocycles. The summed E-state index contributed by atoms with van der Waals surface area (Å²) in [5.41, 5.74) is 6.30. The summed E-state index contributed by atoms with van der Waals surface area (Å²) in [6.07, 6.45) is -0.247. The SMILES string of the molecule is COc1cc(Cl)c(CN2CCO[C@H](C)[C@H]2C(N)=O)cc1Cl. The molecular formula is C14H18Cl2N2O3. The Morgan fingerprint density at radius 2 is 2.19 bits per heavy atom. The van der Waals surface area contributed by atoms with E-state index in [0.717, 1.165) is 5.56 Å². The largest absolute Gasteiger partial charge is 0.495 e. The zero-order chi connectivity index (χ0) is 15.6. The third kappa shape index (κ3) is 3.61. The summed E-state index contributed by atoms with van der Waals surface area (Å²) < 4.78 is 10.6. The highest BCUT2D eigenvalue weighted by Crippen LogP contribution is 2.32. The van der Waals surface area contributed by atoms with Crippen LogP contribution in [0.3, 0.4) is 0 Å². The number of primary amides is 1. The number of halogens is 2. The van der Waals surface area contributed by atoms with Gasteiger partial charge in [-0.2, -0.15) is 0 Å². The van der Waals surface area contributed by atoms with Gasteiger partial charge in [0.25, 0.3) is 0 Å². The number of hydrogen-bond donors (Lipinski definition) is 1. The zero-order valence-corrected chi connectivity index (χ0v) is 13.4. The Morgan fingerprint density at radius 3 is 2.81 bits per heavy atom. The smallest absolute Gasteiger partial charge is 0.237 e. The van der Waals surface area contributed by atoms with Crippen molar-refractivity contribution in [2.75, 3.05) is 20.3 Å². The summed E-state index contributed by atoms with van der Waals surface area (Å²) in [6, 6.07) is 2.94. The molecule has 2 N–H and O–H groups in total. The van der Waals surface area contributed by atoms with E-state index in [4.69, 9.17) is 38.4 Å². The molecule has 116 valence electrons. The monoisotopic (exact) mass is 332 g/mol. The standard InChI is InChI=1S/C14H18Cl2N2O3/c1-8-13(14(17)19)18(3-4-21-8)7-9-5-11(16)12(20-2)6-10(9)15/h5-6,8,13H,3-4,7H2,1-2H3,(H2,17,19)/t8-,13+/m1/s1. The van der Waals surface area contributed by atoms with Crippen LogP contribution in [0.1, 0.15) is 12.5 Å². The van der Waals surface area contributed by atoms with Crippen LogP contribution in [-0.2, 0) is 16.1 Å². The summed E-state index contributed by atoms with van der Waals surface area (Å²) in [5, 5.41) is 1.02. The van der Waals surface area contributed by atoms with Crippen molar-refractivity contribution in [1.29, 1.82) is 0 Å². The van der Waals surface area contributed by atoms with Gasteiger partial charge in [-0.25, -0.2) is 0 Å². The summed E-state index contributed by atoms with van der Waals surface area (Å²) in [6.45, 7) is 3.47. The second-order valence-corrected chi connectivity index (χ2v) is 5.79. The molecule has 21 heavy (non-hydrogen) atoms. The van der Waals surface area contributed by atoms with Gasteiger partial charge in [-0.1, -0.05) is 23.2 Å². The Labute approximate surface area is 133 Å². The molecule has 0 bridgehead atoms. The molecule has 7 heteroatoms. The fraction of sp³-hybridized carbons (Fsp3) is 0.500. The van der Waals surface area contributed by atoms with Crippen LogP contribution >= 0.6 is 23.2 Å². The first-order chi connectivity index (χ1) is 9.93. The lowest BCUT2D eigenvalue weighted by atomic mass is 10.1. The van der Waals surface area contributed by atoms with Gasteiger partial charge in [0.1, 0.15) is 11.8 Å². The molecule has 1 fully saturated rings. The minimum Gasteiger partial charge on any atom is -0.495 e. The van der Waals surface area contributed by atoms with Crippen molar-refractivity contribution < 1.29 is 14.3 Å². The third-order valence-corrected chi connectivity index (χ3v) is 4.23. The van der Waals surface area contributed by atoms with Gasteiger partial charge in [-0.15, -0.1) is 0 Å². The molecule has 1 aliphatic rings. The summed E-state index contributed by atoms with van der Waals surface area (Å²) in [5.74, 6) is 0.116. The molecule has 2 rings (SSSR count). The van der Waals surface area contributed by atoms with E-state index in [2.05, 4.69) is 0 Å². The molecule has 0 saturated carbocycles. The molecule has 0 aliphatic carbocycles. The molecule has 1 aromatic rings. The van der Waals surface area contributed by atoms with Crippen molar-refractivity contribution >= 4 is 29.1 Å². The van der Waals surface area contributed by atoms with E-state index in [-0.39, 0.29) is 6.10 Å². The number of nitrogens with zero attached hydrogens (tertiary/aromatic N) is 1. The Kier molecular flexibility index (Phi) is 5.32. The molecule has 0 spiro atoms. The summed E-state index contributed by atoms with van der Waals surface area (Å²) in [7, 11) is 1.53. The normalized spacial score (nSPS) is 23.0. The zero-order valence-electron chi connectivity index (χ0n) is 11.9. The Morgan fingerprint density at radius 1 is 1.48 bits per heavy atom. The van der Waals surface area contributed by atoms with E-state index in [0.29, 0.717) is 35.5 Å². The minimum atomic E-state index is -0.476. The molecule has 5 nitrogen and oxygen atoms in total. The van der Waals surface area contributed by atoms with Gasteiger partial charge in [-0.05, 0) is 18.6 Å². The Hall–Kier alpha value is -1.01. The van der Waals surface area contributed by atoms with Gasteiger partial charge >= 0.3 is 0 Å². The average molecular weight is 333 g/mol. The molecule has 2 atom stereocenters. The number of carbonyl (C=O) groups is 1. The number of carbonyl (C=O) groups excluding carboxylic acids is 1. The van der Waals surface area contributed by atoms with Crippen LogP contribution in [0.5, 0.6) is 5.75 Å². The number of ether oxygens (including phenoxy) is 2. The van der Waals surface area contributed by atoms with E-state index in [1.807, 2.05) is 11.8 Å². The predicted octanol–water partition coefficient (Wildman–Crippen LogP) is 2.08. The van der Waals surface area contributed by atoms with E-state index in [9.17, 15) is 4.79 Å². The van der Waals surface area contributed by atoms with Crippen LogP contribution in [-0.4, -0.2) is 43.2 Å². The topological polar surface area (TPSA) is 64.8 Å². The van der Waals surface area contributed by atoms with Crippen LogP contribution in [0.25, 0.3) is 0 Å². The second-order valence-electron chi connectivity index (χ2n) is 4.97. The van der Waals surface area contributed by atoms with Crippen molar-refractivity contribution in [3.8, 4) is 5.75 Å². The van der Waals surface area contributed by atoms with Crippen molar-refractivity contribution in [3.05, 3.63) is 27.7 Å². The highest BCUT2D eigenvalue weighted by molar-refractivity contribution is 6.34. The van der Waals surface area contributed by atoms with Gasteiger partial charge < -0.3 is 15.2 Å². The number of benzene rings is 1. The molecule has 0 unspecified atom stereocenters. The Balaban J connectivity index is 2.24. The lowest BCUT2D eigenvalue weighted by molar-refractivity contribution is -0.136. The quantitative estimate of drug-likeness (QED) is 0.916. The van der Waals surface area contributed by atoms with E-state index >= 15 is 0 Å². The first-order valence-corrected chi connectivity index (χ1v) is 7.36. The third-order valence-electron chi connectivity index (χ3n) is 3.58. The first-order valence-electron chi connectivity index (χ1n) is 6.61. The predicted molar refractivity (Wildman–Crippen MR) is 81.8 cm³/mol. The summed E-state index contributed by atoms with van der Waals surface area (Å²) >= 11 is 12.4. The van der Waals surface area contributed by atoms with Crippen molar-refractivity contribution in [2.24, 2.45) is 5.73 Å². The number of morpholine rings is 1. The first kappa shape index (κ1) is 16.4. The van der Waals surface area contributed by atoms with Gasteiger partial charge in [0.15, 0.2) is 0 Å². The molecule has 1 amide bonds. The van der Waals surface area contributed by atoms with E-state index in [1.165, 1.54) is 7.11 Å². The number of methoxy groups -OCH3 is 1. The van der Waals surface area contributed by atoms with Gasteiger partial charge in [0.2, 0.25) is 5.91 Å². The highest BCUT2D eigenvalue weighted by atomic mass is 35.5. The molecule has 1 heterocycles. The maximum atomic E-state index is 11.6. The summed E-state index contributed by atoms with van der Waals surface area (Å²) in [4.78, 5) is 13.6. The van der Waals surface area contributed by atoms with E-state index in [1.54, 1.807) is 12.1 Å². The fourth-order valence-corrected chi connectivity index (χ4v) is 3.01. The maximum absolute atomic E-state index is 11.6. The van der Waals surface area contributed by atoms with Crippen molar-refractivity contribution in [1.82, 2.24) is 4.90 Å². The number of rotatable bonds is 4. The maximum Gasteiger partial charge on any atom is 0.237 e. The van der Waals surface area contributed by atoms with Crippen LogP contribution < -0.4 is 10.5 Å². The minimum absolute atomic E-state index is 0.247. The number of amides is 1. The van der Waals surface area contributed by atoms with Crippen LogP contribution in [0.15, 0.2) is 12.1 Å². The van der Waals surface area contributed by atoms with Crippen LogP contribution in [0, 0.1) is 0 Å². The highest BCUT2D eigenvalue weighted by Gasteiger charge is 2.34. The van der Waals surface area contributed by atoms with Crippen LogP contribution in [0.2, 0.25) is 10.0 Å². The average Bonchev–Trinajstić information content (AvgIpc) is 2.42. The number of hydrogen-bond acceptors (Lipinski definition) is 4. The Bertz CT molecular complexity index is 539. The molecule has 0 radical (unpaired) electrons. The van der Waals surface area contributed by atoms with Gasteiger partial charge in [-0.3, -0.25) is 9.69 Å². The lowest BCUT2D eigenvalue weighted by Crippen LogP contribution is -2.56. The fourth-order valence-electron chi connectivity index (χ4n) is 2.54. The van der Waals surface area contributed by atoms with Crippen molar-refractivity contribution in [3.63, 3.8) is 0 Å². The second kappa shape index (κ2) is 6.83. The van der Waals surface area contributed by atoms with Crippen LogP contribution in [0.4, 0.5) is 0 Å². The molecule has 0 aromatic heterocycles. The van der Waals surface area contributed by atoms with Gasteiger partial charge in [0.05, 0.1) is 24.8 Å². The van der Waals surface area contributed by atoms with E-state index < -0.39 is 11.9 Å². The molecule has 1 aromatic carbocycles. The number of nitrogens with two attached hydrogens (primary N) is 1. The van der Waals surface area contributed by atoms with Crippen molar-refractivity contribution in [2.45, 2.75) is 25.6 Å². The van der Waals surface area contributed by atoms with Gasteiger partial charge in [0, 0.05) is 24.2 Å². The lowest BCUT2D eigenvalue weighted by Gasteiger charge is -2.38. The molecular weight excluding hydrogens is 315 g/mol.